The Kier molecular flexibility index (Phi) is 6.02. The Hall–Kier alpha value is -2.94. The molecule has 0 unspecified atom stereocenters. The predicted molar refractivity (Wildman–Crippen MR) is 98.1 cm³/mol. The van der Waals surface area contributed by atoms with Crippen molar-refractivity contribution in [2.24, 2.45) is 0 Å². The fourth-order valence-corrected chi connectivity index (χ4v) is 2.70. The molecule has 1 heterocycles. The van der Waals surface area contributed by atoms with Gasteiger partial charge in [-0.25, -0.2) is 4.39 Å². The van der Waals surface area contributed by atoms with Crippen molar-refractivity contribution in [3.05, 3.63) is 64.5 Å². The molecule has 0 saturated carbocycles. The minimum absolute atomic E-state index is 0.00857. The minimum Gasteiger partial charge on any atom is -0.495 e. The molecule has 1 amide bonds. The van der Waals surface area contributed by atoms with Gasteiger partial charge in [0.2, 0.25) is 5.91 Å². The summed E-state index contributed by atoms with van der Waals surface area (Å²) < 4.78 is 29.3. The minimum atomic E-state index is -0.379. The summed E-state index contributed by atoms with van der Waals surface area (Å²) in [6, 6.07) is 11.1. The highest BCUT2D eigenvalue weighted by Crippen LogP contribution is 2.26. The van der Waals surface area contributed by atoms with Crippen LogP contribution in [0.4, 0.5) is 10.1 Å². The summed E-state index contributed by atoms with van der Waals surface area (Å²) in [7, 11) is 1.52. The summed E-state index contributed by atoms with van der Waals surface area (Å²) in [5.74, 6) is 0.720. The lowest BCUT2D eigenvalue weighted by Gasteiger charge is -2.08. The van der Waals surface area contributed by atoms with Crippen molar-refractivity contribution >= 4 is 27.5 Å². The number of halogens is 2. The number of ether oxygens (including phenoxy) is 2. The number of hydrogen-bond donors (Lipinski definition) is 1. The summed E-state index contributed by atoms with van der Waals surface area (Å²) in [6.45, 7) is -0.00857. The number of para-hydroxylation sites is 2. The summed E-state index contributed by atoms with van der Waals surface area (Å²) in [5.41, 5.74) is 0.554. The highest BCUT2D eigenvalue weighted by atomic mass is 79.9. The maximum Gasteiger partial charge on any atom is 0.264 e. The Morgan fingerprint density at radius 1 is 1.26 bits per heavy atom. The Balaban J connectivity index is 1.56. The molecule has 2 aromatic carbocycles. The Morgan fingerprint density at radius 2 is 2.07 bits per heavy atom. The van der Waals surface area contributed by atoms with Crippen LogP contribution in [0.25, 0.3) is 0 Å². The summed E-state index contributed by atoms with van der Waals surface area (Å²) >= 11 is 3.21. The van der Waals surface area contributed by atoms with Crippen LogP contribution < -0.4 is 14.8 Å². The van der Waals surface area contributed by atoms with Crippen LogP contribution in [0.15, 0.2) is 51.5 Å². The van der Waals surface area contributed by atoms with Crippen LogP contribution in [-0.2, 0) is 17.8 Å². The van der Waals surface area contributed by atoms with E-state index in [0.29, 0.717) is 21.7 Å². The first-order valence-corrected chi connectivity index (χ1v) is 8.66. The van der Waals surface area contributed by atoms with Crippen molar-refractivity contribution in [2.75, 3.05) is 12.4 Å². The molecule has 0 fully saturated rings. The molecular formula is C18H15BrFN3O4. The third kappa shape index (κ3) is 5.04. The van der Waals surface area contributed by atoms with Crippen LogP contribution in [0, 0.1) is 5.82 Å². The Bertz CT molecular complexity index is 948. The molecule has 1 N–H and O–H groups in total. The first kappa shape index (κ1) is 18.8. The topological polar surface area (TPSA) is 86.5 Å². The van der Waals surface area contributed by atoms with Crippen molar-refractivity contribution in [2.45, 2.75) is 13.0 Å². The number of aromatic nitrogens is 2. The second-order valence-corrected chi connectivity index (χ2v) is 6.25. The van der Waals surface area contributed by atoms with Gasteiger partial charge in [0.25, 0.3) is 5.89 Å². The highest BCUT2D eigenvalue weighted by molar-refractivity contribution is 9.10. The number of hydrogen-bond acceptors (Lipinski definition) is 6. The first-order valence-electron chi connectivity index (χ1n) is 7.87. The average Bonchev–Trinajstić information content (AvgIpc) is 3.08. The standard InChI is InChI=1S/C18H15BrFN3O4/c1-25-15-5-3-2-4-13(15)21-17(24)9-16-22-18(27-23-16)10-26-14-7-6-11(20)8-12(14)19/h2-8H,9-10H2,1H3,(H,21,24). The van der Waals surface area contributed by atoms with Gasteiger partial charge in [0.1, 0.15) is 17.3 Å². The van der Waals surface area contributed by atoms with E-state index in [-0.39, 0.29) is 36.5 Å². The summed E-state index contributed by atoms with van der Waals surface area (Å²) in [4.78, 5) is 16.3. The zero-order valence-electron chi connectivity index (χ0n) is 14.2. The van der Waals surface area contributed by atoms with E-state index in [1.807, 2.05) is 0 Å². The quantitative estimate of drug-likeness (QED) is 0.608. The molecule has 0 bridgehead atoms. The van der Waals surface area contributed by atoms with E-state index in [4.69, 9.17) is 14.0 Å². The number of carbonyl (C=O) groups excluding carboxylic acids is 1. The zero-order chi connectivity index (χ0) is 19.2. The molecule has 0 saturated heterocycles. The van der Waals surface area contributed by atoms with Gasteiger partial charge in [0.05, 0.1) is 23.7 Å². The number of methoxy groups -OCH3 is 1. The number of amides is 1. The number of nitrogens with one attached hydrogen (secondary N) is 1. The fourth-order valence-electron chi connectivity index (χ4n) is 2.24. The van der Waals surface area contributed by atoms with Crippen molar-refractivity contribution in [1.29, 1.82) is 0 Å². The van der Waals surface area contributed by atoms with Gasteiger partial charge < -0.3 is 19.3 Å². The van der Waals surface area contributed by atoms with Crippen LogP contribution in [0.5, 0.6) is 11.5 Å². The largest absolute Gasteiger partial charge is 0.495 e. The Labute approximate surface area is 162 Å². The number of benzene rings is 2. The van der Waals surface area contributed by atoms with Gasteiger partial charge in [-0.1, -0.05) is 17.3 Å². The molecule has 0 atom stereocenters. The molecule has 0 spiro atoms. The van der Waals surface area contributed by atoms with Crippen LogP contribution in [-0.4, -0.2) is 23.2 Å². The smallest absolute Gasteiger partial charge is 0.264 e. The third-order valence-electron chi connectivity index (χ3n) is 3.45. The Morgan fingerprint density at radius 3 is 2.85 bits per heavy atom. The van der Waals surface area contributed by atoms with Gasteiger partial charge in [-0.05, 0) is 46.3 Å². The number of nitrogens with zero attached hydrogens (tertiary/aromatic N) is 2. The molecule has 0 aliphatic rings. The molecule has 140 valence electrons. The van der Waals surface area contributed by atoms with Crippen molar-refractivity contribution in [1.82, 2.24) is 10.1 Å². The van der Waals surface area contributed by atoms with Gasteiger partial charge in [-0.15, -0.1) is 0 Å². The molecule has 9 heteroatoms. The van der Waals surface area contributed by atoms with Crippen molar-refractivity contribution < 1.29 is 23.2 Å². The van der Waals surface area contributed by atoms with E-state index < -0.39 is 0 Å². The van der Waals surface area contributed by atoms with Gasteiger partial charge in [-0.3, -0.25) is 4.79 Å². The lowest BCUT2D eigenvalue weighted by molar-refractivity contribution is -0.115. The third-order valence-corrected chi connectivity index (χ3v) is 4.07. The zero-order valence-corrected chi connectivity index (χ0v) is 15.8. The lowest BCUT2D eigenvalue weighted by Crippen LogP contribution is -2.15. The predicted octanol–water partition coefficient (Wildman–Crippen LogP) is 3.74. The SMILES string of the molecule is COc1ccccc1NC(=O)Cc1noc(COc2ccc(F)cc2Br)n1. The monoisotopic (exact) mass is 435 g/mol. The number of rotatable bonds is 7. The van der Waals surface area contributed by atoms with Gasteiger partial charge in [0, 0.05) is 0 Å². The fraction of sp³-hybridized carbons (Fsp3) is 0.167. The highest BCUT2D eigenvalue weighted by Gasteiger charge is 2.14. The van der Waals surface area contributed by atoms with Gasteiger partial charge in [-0.2, -0.15) is 4.98 Å². The van der Waals surface area contributed by atoms with Crippen LogP contribution in [0.1, 0.15) is 11.7 Å². The molecule has 0 aliphatic heterocycles. The van der Waals surface area contributed by atoms with Crippen LogP contribution in [0.3, 0.4) is 0 Å². The van der Waals surface area contributed by atoms with E-state index in [2.05, 4.69) is 31.4 Å². The normalized spacial score (nSPS) is 10.5. The molecular weight excluding hydrogens is 421 g/mol. The second kappa shape index (κ2) is 8.63. The first-order chi connectivity index (χ1) is 13.0. The second-order valence-electron chi connectivity index (χ2n) is 5.39. The van der Waals surface area contributed by atoms with Gasteiger partial charge >= 0.3 is 0 Å². The molecule has 7 nitrogen and oxygen atoms in total. The van der Waals surface area contributed by atoms with Gasteiger partial charge in [0.15, 0.2) is 12.4 Å². The van der Waals surface area contributed by atoms with Crippen LogP contribution in [0.2, 0.25) is 0 Å². The van der Waals surface area contributed by atoms with E-state index in [1.165, 1.54) is 25.3 Å². The van der Waals surface area contributed by atoms with Crippen LogP contribution >= 0.6 is 15.9 Å². The number of carbonyl (C=O) groups is 1. The average molecular weight is 436 g/mol. The van der Waals surface area contributed by atoms with E-state index in [1.54, 1.807) is 24.3 Å². The van der Waals surface area contributed by atoms with E-state index >= 15 is 0 Å². The van der Waals surface area contributed by atoms with Crippen molar-refractivity contribution in [3.63, 3.8) is 0 Å². The lowest BCUT2D eigenvalue weighted by atomic mass is 10.2. The summed E-state index contributed by atoms with van der Waals surface area (Å²) in [6.07, 6.45) is -0.0677. The molecule has 0 radical (unpaired) electrons. The molecule has 27 heavy (non-hydrogen) atoms. The molecule has 3 aromatic rings. The maximum absolute atomic E-state index is 13.1. The molecule has 1 aromatic heterocycles. The molecule has 0 aliphatic carbocycles. The number of anilines is 1. The maximum atomic E-state index is 13.1. The van der Waals surface area contributed by atoms with E-state index in [9.17, 15) is 9.18 Å². The van der Waals surface area contributed by atoms with E-state index in [0.717, 1.165) is 0 Å². The summed E-state index contributed by atoms with van der Waals surface area (Å²) in [5, 5.41) is 6.49. The molecule has 3 rings (SSSR count). The van der Waals surface area contributed by atoms with Crippen molar-refractivity contribution in [3.8, 4) is 11.5 Å².